The molecule has 10 heteroatoms. The Bertz CT molecular complexity index is 892. The first-order valence-corrected chi connectivity index (χ1v) is 8.52. The molecule has 0 saturated carbocycles. The van der Waals surface area contributed by atoms with E-state index in [0.29, 0.717) is 41.4 Å². The van der Waals surface area contributed by atoms with Crippen molar-refractivity contribution in [2.24, 2.45) is 0 Å². The van der Waals surface area contributed by atoms with E-state index in [9.17, 15) is 26.7 Å². The number of carbonyl (C=O) groups is 1. The molecule has 3 N–H and O–H groups in total. The fourth-order valence-electron chi connectivity index (χ4n) is 2.85. The predicted molar refractivity (Wildman–Crippen MR) is 98.9 cm³/mol. The van der Waals surface area contributed by atoms with E-state index in [1.807, 2.05) is 11.8 Å². The molecule has 0 radical (unpaired) electrons. The molecule has 0 atom stereocenters. The van der Waals surface area contributed by atoms with Gasteiger partial charge in [-0.2, -0.15) is 13.2 Å². The van der Waals surface area contributed by atoms with E-state index in [1.165, 1.54) is 7.11 Å². The highest BCUT2D eigenvalue weighted by Gasteiger charge is 2.38. The zero-order valence-electron chi connectivity index (χ0n) is 16.0. The SMILES string of the molecule is CCN(C)c1c(N)ccc(OC)c1CNC(=O)c1cc(F)c(C(F)(F)F)c(F)c1. The first kappa shape index (κ1) is 22.3. The van der Waals surface area contributed by atoms with Gasteiger partial charge < -0.3 is 20.7 Å². The summed E-state index contributed by atoms with van der Waals surface area (Å²) in [6.07, 6.45) is -5.21. The van der Waals surface area contributed by atoms with Crippen LogP contribution in [0.25, 0.3) is 0 Å². The summed E-state index contributed by atoms with van der Waals surface area (Å²) in [5, 5.41) is 2.43. The first-order valence-electron chi connectivity index (χ1n) is 8.52. The number of hydrogen-bond acceptors (Lipinski definition) is 4. The molecule has 5 nitrogen and oxygen atoms in total. The monoisotopic (exact) mass is 417 g/mol. The number of methoxy groups -OCH3 is 1. The van der Waals surface area contributed by atoms with Gasteiger partial charge in [-0.3, -0.25) is 4.79 Å². The van der Waals surface area contributed by atoms with E-state index in [-0.39, 0.29) is 6.54 Å². The molecular formula is C19H20F5N3O2. The van der Waals surface area contributed by atoms with E-state index >= 15 is 0 Å². The molecule has 0 heterocycles. The smallest absolute Gasteiger partial charge is 0.422 e. The normalized spacial score (nSPS) is 11.3. The molecule has 0 aliphatic rings. The Labute approximate surface area is 164 Å². The van der Waals surface area contributed by atoms with Gasteiger partial charge in [0.1, 0.15) is 22.9 Å². The largest absolute Gasteiger partial charge is 0.496 e. The molecule has 0 spiro atoms. The van der Waals surface area contributed by atoms with Crippen LogP contribution >= 0.6 is 0 Å². The lowest BCUT2D eigenvalue weighted by molar-refractivity contribution is -0.142. The van der Waals surface area contributed by atoms with Crippen molar-refractivity contribution in [3.8, 4) is 5.75 Å². The van der Waals surface area contributed by atoms with Gasteiger partial charge in [0.2, 0.25) is 0 Å². The van der Waals surface area contributed by atoms with Gasteiger partial charge >= 0.3 is 6.18 Å². The molecule has 0 bridgehead atoms. The molecule has 0 saturated heterocycles. The Morgan fingerprint density at radius 3 is 2.28 bits per heavy atom. The van der Waals surface area contributed by atoms with Gasteiger partial charge in [-0.1, -0.05) is 0 Å². The minimum atomic E-state index is -5.21. The molecule has 0 unspecified atom stereocenters. The number of ether oxygens (including phenoxy) is 1. The Balaban J connectivity index is 2.34. The summed E-state index contributed by atoms with van der Waals surface area (Å²) in [6, 6.07) is 3.92. The van der Waals surface area contributed by atoms with Gasteiger partial charge in [-0.25, -0.2) is 8.78 Å². The van der Waals surface area contributed by atoms with Crippen molar-refractivity contribution < 1.29 is 31.5 Å². The molecule has 2 aromatic carbocycles. The summed E-state index contributed by atoms with van der Waals surface area (Å²) in [4.78, 5) is 14.1. The van der Waals surface area contributed by atoms with Crippen LogP contribution in [-0.4, -0.2) is 26.6 Å². The summed E-state index contributed by atoms with van der Waals surface area (Å²) in [5.74, 6) is -4.27. The summed E-state index contributed by atoms with van der Waals surface area (Å²) >= 11 is 0. The number of nitrogens with one attached hydrogen (secondary N) is 1. The predicted octanol–water partition coefficient (Wildman–Crippen LogP) is 3.96. The zero-order chi connectivity index (χ0) is 21.9. The molecular weight excluding hydrogens is 397 g/mol. The number of carbonyl (C=O) groups excluding carboxylic acids is 1. The van der Waals surface area contributed by atoms with Crippen molar-refractivity contribution in [2.75, 3.05) is 31.3 Å². The van der Waals surface area contributed by atoms with Gasteiger partial charge in [-0.05, 0) is 31.2 Å². The summed E-state index contributed by atoms with van der Waals surface area (Å²) in [7, 11) is 3.20. The van der Waals surface area contributed by atoms with Gasteiger partial charge in [0.25, 0.3) is 5.91 Å². The Morgan fingerprint density at radius 1 is 1.21 bits per heavy atom. The number of benzene rings is 2. The molecule has 0 aliphatic heterocycles. The highest BCUT2D eigenvalue weighted by Crippen LogP contribution is 2.35. The maximum Gasteiger partial charge on any atom is 0.422 e. The molecule has 1 amide bonds. The van der Waals surface area contributed by atoms with Gasteiger partial charge in [0.05, 0.1) is 18.5 Å². The van der Waals surface area contributed by atoms with E-state index in [0.717, 1.165) is 0 Å². The summed E-state index contributed by atoms with van der Waals surface area (Å²) < 4.78 is 70.8. The topological polar surface area (TPSA) is 67.6 Å². The number of halogens is 5. The Morgan fingerprint density at radius 2 is 1.79 bits per heavy atom. The van der Waals surface area contributed by atoms with Gasteiger partial charge in [0.15, 0.2) is 0 Å². The van der Waals surface area contributed by atoms with Crippen molar-refractivity contribution in [2.45, 2.75) is 19.6 Å². The van der Waals surface area contributed by atoms with Crippen molar-refractivity contribution in [3.05, 3.63) is 52.6 Å². The van der Waals surface area contributed by atoms with Crippen LogP contribution < -0.4 is 20.7 Å². The zero-order valence-corrected chi connectivity index (χ0v) is 16.0. The quantitative estimate of drug-likeness (QED) is 0.552. The number of amides is 1. The second kappa shape index (κ2) is 8.54. The molecule has 0 aromatic heterocycles. The Kier molecular flexibility index (Phi) is 6.55. The van der Waals surface area contributed by atoms with Crippen LogP contribution in [0.3, 0.4) is 0 Å². The van der Waals surface area contributed by atoms with Crippen LogP contribution in [0.5, 0.6) is 5.75 Å². The maximum absolute atomic E-state index is 13.7. The van der Waals surface area contributed by atoms with Crippen LogP contribution in [0.1, 0.15) is 28.4 Å². The number of alkyl halides is 3. The minimum absolute atomic E-state index is 0.128. The molecule has 0 aliphatic carbocycles. The van der Waals surface area contributed by atoms with Crippen molar-refractivity contribution in [1.29, 1.82) is 0 Å². The lowest BCUT2D eigenvalue weighted by Crippen LogP contribution is -2.27. The van der Waals surface area contributed by atoms with Crippen LogP contribution in [-0.2, 0) is 12.7 Å². The highest BCUT2D eigenvalue weighted by atomic mass is 19.4. The number of anilines is 2. The fraction of sp³-hybridized carbons (Fsp3) is 0.316. The standard InChI is InChI=1S/C19H20F5N3O2/c1-4-27(2)17-11(15(29-3)6-5-14(17)25)9-26-18(28)10-7-12(20)16(13(21)8-10)19(22,23)24/h5-8H,4,9,25H2,1-3H3,(H,26,28). The van der Waals surface area contributed by atoms with E-state index in [4.69, 9.17) is 10.5 Å². The van der Waals surface area contributed by atoms with Crippen LogP contribution in [0.2, 0.25) is 0 Å². The van der Waals surface area contributed by atoms with Crippen molar-refractivity contribution in [1.82, 2.24) is 5.32 Å². The molecule has 0 fully saturated rings. The third-order valence-electron chi connectivity index (χ3n) is 4.36. The molecule has 29 heavy (non-hydrogen) atoms. The minimum Gasteiger partial charge on any atom is -0.496 e. The van der Waals surface area contributed by atoms with Crippen LogP contribution in [0.4, 0.5) is 33.3 Å². The average molecular weight is 417 g/mol. The maximum atomic E-state index is 13.7. The van der Waals surface area contributed by atoms with E-state index in [1.54, 1.807) is 19.2 Å². The number of rotatable bonds is 6. The highest BCUT2D eigenvalue weighted by molar-refractivity contribution is 5.94. The second-order valence-corrected chi connectivity index (χ2v) is 6.19. The van der Waals surface area contributed by atoms with E-state index < -0.39 is 34.8 Å². The van der Waals surface area contributed by atoms with Gasteiger partial charge in [-0.15, -0.1) is 0 Å². The third kappa shape index (κ3) is 4.69. The van der Waals surface area contributed by atoms with Crippen LogP contribution in [0.15, 0.2) is 24.3 Å². The molecule has 2 rings (SSSR count). The van der Waals surface area contributed by atoms with Crippen molar-refractivity contribution in [3.63, 3.8) is 0 Å². The number of hydrogen-bond donors (Lipinski definition) is 2. The number of nitrogen functional groups attached to an aromatic ring is 1. The Hall–Kier alpha value is -3.04. The molecule has 2 aromatic rings. The summed E-state index contributed by atoms with van der Waals surface area (Å²) in [5.41, 5.74) is 4.92. The number of nitrogens with zero attached hydrogens (tertiary/aromatic N) is 1. The van der Waals surface area contributed by atoms with E-state index in [2.05, 4.69) is 5.32 Å². The molecule has 158 valence electrons. The van der Waals surface area contributed by atoms with Crippen LogP contribution in [0, 0.1) is 11.6 Å². The lowest BCUT2D eigenvalue weighted by atomic mass is 10.1. The summed E-state index contributed by atoms with van der Waals surface area (Å²) in [6.45, 7) is 2.35. The average Bonchev–Trinajstić information content (AvgIpc) is 2.63. The van der Waals surface area contributed by atoms with Gasteiger partial charge in [0, 0.05) is 31.3 Å². The van der Waals surface area contributed by atoms with Crippen molar-refractivity contribution >= 4 is 17.3 Å². The first-order chi connectivity index (χ1) is 13.5. The lowest BCUT2D eigenvalue weighted by Gasteiger charge is -2.24. The number of nitrogens with two attached hydrogens (primary N) is 1. The third-order valence-corrected chi connectivity index (χ3v) is 4.36. The second-order valence-electron chi connectivity index (χ2n) is 6.19. The fourth-order valence-corrected chi connectivity index (χ4v) is 2.85.